The molecule has 0 fully saturated rings. The van der Waals surface area contributed by atoms with Crippen molar-refractivity contribution in [1.29, 1.82) is 0 Å². The van der Waals surface area contributed by atoms with E-state index in [1.807, 2.05) is 0 Å². The number of nitrogens with one attached hydrogen (secondary N) is 2. The summed E-state index contributed by atoms with van der Waals surface area (Å²) in [6.07, 6.45) is 0.267. The van der Waals surface area contributed by atoms with Gasteiger partial charge in [0.1, 0.15) is 11.8 Å². The van der Waals surface area contributed by atoms with Gasteiger partial charge in [0.05, 0.1) is 42.6 Å². The Balaban J connectivity index is 1.55. The number of fused-ring (bicyclic) bond motifs is 1. The zero-order chi connectivity index (χ0) is 29.5. The van der Waals surface area contributed by atoms with Crippen LogP contribution in [0.2, 0.25) is 5.02 Å². The van der Waals surface area contributed by atoms with Gasteiger partial charge in [0.25, 0.3) is 5.56 Å². The van der Waals surface area contributed by atoms with E-state index in [9.17, 15) is 27.6 Å². The summed E-state index contributed by atoms with van der Waals surface area (Å²) in [7, 11) is 1.34. The average molecular weight is 589 g/mol. The third kappa shape index (κ3) is 5.18. The lowest BCUT2D eigenvalue weighted by Crippen LogP contribution is -2.32. The number of hydrogen-bond acceptors (Lipinski definition) is 7. The van der Waals surface area contributed by atoms with Crippen molar-refractivity contribution in [2.24, 2.45) is 0 Å². The number of carbonyl (C=O) groups excluding carboxylic acids is 1. The molecule has 0 bridgehead atoms. The molecule has 0 radical (unpaired) electrons. The van der Waals surface area contributed by atoms with Gasteiger partial charge in [-0.1, -0.05) is 23.7 Å². The predicted octanol–water partition coefficient (Wildman–Crippen LogP) is 3.70. The number of methoxy groups -OCH3 is 1. The van der Waals surface area contributed by atoms with Crippen LogP contribution in [-0.4, -0.2) is 47.2 Å². The summed E-state index contributed by atoms with van der Waals surface area (Å²) >= 11 is 6.20. The Bertz CT molecular complexity index is 1890. The quantitative estimate of drug-likeness (QED) is 0.295. The van der Waals surface area contributed by atoms with Crippen LogP contribution in [0.15, 0.2) is 64.7 Å². The summed E-state index contributed by atoms with van der Waals surface area (Å²) in [6.45, 7) is 1.70. The summed E-state index contributed by atoms with van der Waals surface area (Å²) < 4.78 is 48.2. The molecule has 1 aromatic carbocycles. The zero-order valence-electron chi connectivity index (χ0n) is 21.3. The Morgan fingerprint density at radius 1 is 1.17 bits per heavy atom. The number of aromatic amines is 1. The molecule has 2 N–H and O–H groups in total. The summed E-state index contributed by atoms with van der Waals surface area (Å²) in [5.74, 6) is -0.414. The molecule has 0 aliphatic heterocycles. The molecule has 41 heavy (non-hydrogen) atoms. The second-order valence-electron chi connectivity index (χ2n) is 8.76. The average Bonchev–Trinajstić information content (AvgIpc) is 3.59. The highest BCUT2D eigenvalue weighted by molar-refractivity contribution is 6.31. The predicted molar refractivity (Wildman–Crippen MR) is 141 cm³/mol. The van der Waals surface area contributed by atoms with Crippen molar-refractivity contribution in [1.82, 2.24) is 34.2 Å². The Hall–Kier alpha value is -4.92. The molecule has 1 atom stereocenters. The number of anilines is 1. The minimum absolute atomic E-state index is 0.137. The second-order valence-corrected chi connectivity index (χ2v) is 9.20. The molecule has 4 heterocycles. The van der Waals surface area contributed by atoms with Crippen molar-refractivity contribution in [2.75, 3.05) is 12.4 Å². The summed E-state index contributed by atoms with van der Waals surface area (Å²) in [5, 5.41) is 13.7. The molecule has 1 amide bonds. The minimum atomic E-state index is -4.71. The Kier molecular flexibility index (Phi) is 7.13. The molecular formula is C25H20ClF3N8O4. The fourth-order valence-corrected chi connectivity index (χ4v) is 4.51. The normalized spacial score (nSPS) is 12.4. The molecule has 212 valence electrons. The number of hydrogen-bond donors (Lipinski definition) is 2. The molecule has 16 heteroatoms. The number of halogens is 4. The van der Waals surface area contributed by atoms with Gasteiger partial charge in [-0.3, -0.25) is 14.2 Å². The molecule has 4 aromatic heterocycles. The van der Waals surface area contributed by atoms with Crippen molar-refractivity contribution >= 4 is 28.7 Å². The van der Waals surface area contributed by atoms with E-state index in [-0.39, 0.29) is 39.7 Å². The number of benzene rings is 1. The number of amides is 1. The molecule has 5 rings (SSSR count). The van der Waals surface area contributed by atoms with E-state index in [1.54, 1.807) is 13.0 Å². The maximum Gasteiger partial charge on any atom is 0.436 e. The van der Waals surface area contributed by atoms with E-state index in [0.717, 1.165) is 9.20 Å². The minimum Gasteiger partial charge on any atom is -0.495 e. The van der Waals surface area contributed by atoms with Crippen LogP contribution in [0.25, 0.3) is 22.3 Å². The van der Waals surface area contributed by atoms with E-state index in [4.69, 9.17) is 16.3 Å². The second kappa shape index (κ2) is 10.6. The van der Waals surface area contributed by atoms with E-state index in [1.165, 1.54) is 54.5 Å². The van der Waals surface area contributed by atoms with Gasteiger partial charge in [-0.15, -0.1) is 5.10 Å². The van der Waals surface area contributed by atoms with Gasteiger partial charge in [0.2, 0.25) is 5.91 Å². The van der Waals surface area contributed by atoms with Gasteiger partial charge >= 0.3 is 11.9 Å². The van der Waals surface area contributed by atoms with Crippen LogP contribution in [0.4, 0.5) is 18.9 Å². The molecular weight excluding hydrogens is 569 g/mol. The SMILES string of the molecule is CCC(C(=O)Nc1cnn2c(=O)[nH]ccc12)n1cc(OC)c(-c2cc(Cl)ccc2-n2cc(C(F)(F)F)nn2)cc1=O. The van der Waals surface area contributed by atoms with Gasteiger partial charge in [0.15, 0.2) is 5.69 Å². The molecule has 0 saturated carbocycles. The van der Waals surface area contributed by atoms with E-state index in [0.29, 0.717) is 11.7 Å². The third-order valence-electron chi connectivity index (χ3n) is 6.27. The van der Waals surface area contributed by atoms with Gasteiger partial charge in [-0.2, -0.15) is 22.8 Å². The topological polar surface area (TPSA) is 141 Å². The van der Waals surface area contributed by atoms with Crippen molar-refractivity contribution < 1.29 is 22.7 Å². The fraction of sp³-hybridized carbons (Fsp3) is 0.200. The van der Waals surface area contributed by atoms with Gasteiger partial charge in [0, 0.05) is 28.4 Å². The lowest BCUT2D eigenvalue weighted by Gasteiger charge is -2.20. The van der Waals surface area contributed by atoms with Gasteiger partial charge in [-0.05, 0) is 30.7 Å². The number of aromatic nitrogens is 7. The fourth-order valence-electron chi connectivity index (χ4n) is 4.33. The highest BCUT2D eigenvalue weighted by Gasteiger charge is 2.35. The van der Waals surface area contributed by atoms with Crippen molar-refractivity contribution in [2.45, 2.75) is 25.6 Å². The maximum atomic E-state index is 13.4. The Labute approximate surface area is 232 Å². The number of ether oxygens (including phenoxy) is 1. The number of carbonyl (C=O) groups is 1. The molecule has 0 spiro atoms. The van der Waals surface area contributed by atoms with E-state index < -0.39 is 35.1 Å². The monoisotopic (exact) mass is 588 g/mol. The van der Waals surface area contributed by atoms with Gasteiger partial charge in [-0.25, -0.2) is 9.48 Å². The molecule has 0 aliphatic carbocycles. The number of rotatable bonds is 7. The summed E-state index contributed by atoms with van der Waals surface area (Å²) in [5.41, 5.74) is -1.07. The zero-order valence-corrected chi connectivity index (χ0v) is 22.1. The molecule has 1 unspecified atom stereocenters. The molecule has 0 aliphatic rings. The number of nitrogens with zero attached hydrogens (tertiary/aromatic N) is 6. The molecule has 5 aromatic rings. The summed E-state index contributed by atoms with van der Waals surface area (Å²) in [4.78, 5) is 41.1. The Morgan fingerprint density at radius 3 is 2.63 bits per heavy atom. The summed E-state index contributed by atoms with van der Waals surface area (Å²) in [6, 6.07) is 6.09. The molecule has 12 nitrogen and oxygen atoms in total. The standard InChI is InChI=1S/C25H20ClF3N8O4/c1-3-17(23(39)32-16-10-31-37-19(16)6-7-30-24(37)40)35-11-20(41-2)15(9-22(35)38)14-8-13(26)4-5-18(14)36-12-21(33-34-36)25(27,28)29/h4-12,17H,3H2,1-2H3,(H,30,40)(H,32,39). The van der Waals surface area contributed by atoms with Crippen LogP contribution >= 0.6 is 11.6 Å². The Morgan fingerprint density at radius 2 is 1.95 bits per heavy atom. The van der Waals surface area contributed by atoms with Crippen LogP contribution in [-0.2, 0) is 11.0 Å². The first-order valence-electron chi connectivity index (χ1n) is 12.0. The first-order chi connectivity index (χ1) is 19.5. The maximum absolute atomic E-state index is 13.4. The van der Waals surface area contributed by atoms with E-state index in [2.05, 4.69) is 25.7 Å². The molecule has 0 saturated heterocycles. The largest absolute Gasteiger partial charge is 0.495 e. The van der Waals surface area contributed by atoms with Crippen molar-refractivity contribution in [3.63, 3.8) is 0 Å². The van der Waals surface area contributed by atoms with Crippen molar-refractivity contribution in [3.05, 3.63) is 86.7 Å². The lowest BCUT2D eigenvalue weighted by atomic mass is 10.0. The first-order valence-corrected chi connectivity index (χ1v) is 12.4. The lowest BCUT2D eigenvalue weighted by molar-refractivity contribution is -0.141. The van der Waals surface area contributed by atoms with Crippen LogP contribution in [0.1, 0.15) is 25.1 Å². The van der Waals surface area contributed by atoms with Crippen molar-refractivity contribution in [3.8, 4) is 22.6 Å². The van der Waals surface area contributed by atoms with Crippen LogP contribution in [0.3, 0.4) is 0 Å². The smallest absolute Gasteiger partial charge is 0.436 e. The van der Waals surface area contributed by atoms with E-state index >= 15 is 0 Å². The highest BCUT2D eigenvalue weighted by Crippen LogP contribution is 2.36. The highest BCUT2D eigenvalue weighted by atomic mass is 35.5. The van der Waals surface area contributed by atoms with Crippen LogP contribution < -0.4 is 21.3 Å². The number of H-pyrrole nitrogens is 1. The van der Waals surface area contributed by atoms with Crippen LogP contribution in [0.5, 0.6) is 5.75 Å². The van der Waals surface area contributed by atoms with Crippen LogP contribution in [0, 0.1) is 0 Å². The first kappa shape index (κ1) is 27.6. The van der Waals surface area contributed by atoms with Gasteiger partial charge < -0.3 is 15.0 Å². The number of alkyl halides is 3. The number of pyridine rings is 1. The third-order valence-corrected chi connectivity index (χ3v) is 6.51.